The molecule has 5 nitrogen and oxygen atoms in total. The Bertz CT molecular complexity index is 1220. The Labute approximate surface area is 188 Å². The molecule has 2 heterocycles. The number of aromatic amines is 1. The van der Waals surface area contributed by atoms with Crippen LogP contribution in [0.1, 0.15) is 28.4 Å². The van der Waals surface area contributed by atoms with Gasteiger partial charge in [0.25, 0.3) is 0 Å². The number of para-hydroxylation sites is 2. The Hall–Kier alpha value is -3.28. The lowest BCUT2D eigenvalue weighted by atomic mass is 9.91. The highest BCUT2D eigenvalue weighted by Crippen LogP contribution is 2.42. The number of aliphatic hydroxyl groups is 1. The molecule has 0 fully saturated rings. The SMILES string of the molecule is COc1ccccc1[C@H]1c2[nH]c3ccccc3c2CCN1Cc1cccc(OCCO)c1. The smallest absolute Gasteiger partial charge is 0.124 e. The number of nitrogens with zero attached hydrogens (tertiary/aromatic N) is 1. The van der Waals surface area contributed by atoms with E-state index in [9.17, 15) is 0 Å². The van der Waals surface area contributed by atoms with Gasteiger partial charge in [0, 0.05) is 35.2 Å². The van der Waals surface area contributed by atoms with Crippen LogP contribution in [0.2, 0.25) is 0 Å². The Morgan fingerprint density at radius 3 is 2.75 bits per heavy atom. The summed E-state index contributed by atoms with van der Waals surface area (Å²) >= 11 is 0. The van der Waals surface area contributed by atoms with Crippen LogP contribution in [0.3, 0.4) is 0 Å². The average molecular weight is 429 g/mol. The number of hydrogen-bond acceptors (Lipinski definition) is 4. The normalized spacial score (nSPS) is 16.1. The topological polar surface area (TPSA) is 57.7 Å². The summed E-state index contributed by atoms with van der Waals surface area (Å²) < 4.78 is 11.4. The minimum Gasteiger partial charge on any atom is -0.496 e. The number of rotatable bonds is 7. The highest BCUT2D eigenvalue weighted by atomic mass is 16.5. The van der Waals surface area contributed by atoms with Crippen molar-refractivity contribution in [2.75, 3.05) is 26.9 Å². The number of ether oxygens (including phenoxy) is 2. The monoisotopic (exact) mass is 428 g/mol. The highest BCUT2D eigenvalue weighted by molar-refractivity contribution is 5.85. The molecular formula is C27H28N2O3. The maximum absolute atomic E-state index is 9.07. The van der Waals surface area contributed by atoms with Gasteiger partial charge in [0.2, 0.25) is 0 Å². The summed E-state index contributed by atoms with van der Waals surface area (Å²) in [6, 6.07) is 25.1. The van der Waals surface area contributed by atoms with Crippen LogP contribution in [0.25, 0.3) is 10.9 Å². The van der Waals surface area contributed by atoms with Gasteiger partial charge in [-0.05, 0) is 41.8 Å². The van der Waals surface area contributed by atoms with Gasteiger partial charge >= 0.3 is 0 Å². The van der Waals surface area contributed by atoms with Crippen LogP contribution < -0.4 is 9.47 Å². The minimum atomic E-state index is 0.00931. The van der Waals surface area contributed by atoms with Crippen molar-refractivity contribution >= 4 is 10.9 Å². The average Bonchev–Trinajstić information content (AvgIpc) is 3.21. The Morgan fingerprint density at radius 1 is 1.03 bits per heavy atom. The molecule has 0 saturated heterocycles. The lowest BCUT2D eigenvalue weighted by molar-refractivity contribution is 0.195. The molecule has 0 spiro atoms. The fourth-order valence-electron chi connectivity index (χ4n) is 4.84. The first-order valence-electron chi connectivity index (χ1n) is 11.1. The molecule has 32 heavy (non-hydrogen) atoms. The number of methoxy groups -OCH3 is 1. The largest absolute Gasteiger partial charge is 0.496 e. The molecule has 0 unspecified atom stereocenters. The van der Waals surface area contributed by atoms with Gasteiger partial charge in [0.05, 0.1) is 19.8 Å². The molecule has 5 rings (SSSR count). The van der Waals surface area contributed by atoms with E-state index in [2.05, 4.69) is 58.4 Å². The van der Waals surface area contributed by atoms with Crippen molar-refractivity contribution in [1.29, 1.82) is 0 Å². The van der Waals surface area contributed by atoms with Gasteiger partial charge in [-0.2, -0.15) is 0 Å². The van der Waals surface area contributed by atoms with Gasteiger partial charge in [-0.25, -0.2) is 0 Å². The van der Waals surface area contributed by atoms with Crippen molar-refractivity contribution in [1.82, 2.24) is 9.88 Å². The molecule has 4 aromatic rings. The van der Waals surface area contributed by atoms with Gasteiger partial charge in [-0.1, -0.05) is 48.5 Å². The number of aromatic nitrogens is 1. The fraction of sp³-hybridized carbons (Fsp3) is 0.259. The second kappa shape index (κ2) is 9.07. The Balaban J connectivity index is 1.56. The van der Waals surface area contributed by atoms with E-state index in [1.165, 1.54) is 27.7 Å². The standard InChI is InChI=1S/C27H28N2O3/c1-31-25-12-5-3-10-23(25)27-26-22(21-9-2-4-11-24(21)28-26)13-14-29(27)18-19-7-6-8-20(17-19)32-16-15-30/h2-12,17,27-28,30H,13-16,18H2,1H3/t27-/m0/s1. The molecule has 5 heteroatoms. The number of benzene rings is 3. The maximum atomic E-state index is 9.07. The van der Waals surface area contributed by atoms with Crippen LogP contribution in [0.15, 0.2) is 72.8 Å². The van der Waals surface area contributed by atoms with Crippen LogP contribution in [0.4, 0.5) is 0 Å². The first-order chi connectivity index (χ1) is 15.8. The van der Waals surface area contributed by atoms with Crippen molar-refractivity contribution < 1.29 is 14.6 Å². The van der Waals surface area contributed by atoms with Crippen molar-refractivity contribution in [3.63, 3.8) is 0 Å². The van der Waals surface area contributed by atoms with E-state index < -0.39 is 0 Å². The lowest BCUT2D eigenvalue weighted by Gasteiger charge is -2.37. The third kappa shape index (κ3) is 3.85. The second-order valence-corrected chi connectivity index (χ2v) is 8.15. The third-order valence-electron chi connectivity index (χ3n) is 6.21. The number of aliphatic hydroxyl groups excluding tert-OH is 1. The fourth-order valence-corrected chi connectivity index (χ4v) is 4.84. The van der Waals surface area contributed by atoms with Crippen LogP contribution in [0, 0.1) is 0 Å². The minimum absolute atomic E-state index is 0.00931. The zero-order chi connectivity index (χ0) is 21.9. The predicted octanol–water partition coefficient (Wildman–Crippen LogP) is 4.70. The van der Waals surface area contributed by atoms with E-state index in [0.29, 0.717) is 6.61 Å². The van der Waals surface area contributed by atoms with Gasteiger partial charge in [0.15, 0.2) is 0 Å². The maximum Gasteiger partial charge on any atom is 0.124 e. The Morgan fingerprint density at radius 2 is 1.88 bits per heavy atom. The number of nitrogens with one attached hydrogen (secondary N) is 1. The molecule has 1 aliphatic heterocycles. The summed E-state index contributed by atoms with van der Waals surface area (Å²) in [5.74, 6) is 1.68. The quantitative estimate of drug-likeness (QED) is 0.448. The van der Waals surface area contributed by atoms with Crippen molar-refractivity contribution in [3.8, 4) is 11.5 Å². The van der Waals surface area contributed by atoms with Crippen LogP contribution in [0.5, 0.6) is 11.5 Å². The summed E-state index contributed by atoms with van der Waals surface area (Å²) in [4.78, 5) is 6.22. The molecule has 0 saturated carbocycles. The van der Waals surface area contributed by atoms with E-state index in [0.717, 1.165) is 36.6 Å². The first kappa shape index (κ1) is 20.6. The second-order valence-electron chi connectivity index (χ2n) is 8.15. The molecule has 1 aliphatic rings. The molecule has 0 bridgehead atoms. The number of H-pyrrole nitrogens is 1. The molecule has 0 radical (unpaired) electrons. The zero-order valence-corrected chi connectivity index (χ0v) is 18.3. The summed E-state index contributed by atoms with van der Waals surface area (Å²) in [6.45, 7) is 2.04. The summed E-state index contributed by atoms with van der Waals surface area (Å²) in [5, 5.41) is 10.4. The zero-order valence-electron chi connectivity index (χ0n) is 18.3. The van der Waals surface area contributed by atoms with E-state index in [4.69, 9.17) is 14.6 Å². The van der Waals surface area contributed by atoms with Crippen LogP contribution in [-0.4, -0.2) is 41.9 Å². The van der Waals surface area contributed by atoms with Crippen molar-refractivity contribution in [2.24, 2.45) is 0 Å². The molecule has 0 aliphatic carbocycles. The Kier molecular flexibility index (Phi) is 5.84. The first-order valence-corrected chi connectivity index (χ1v) is 11.1. The molecule has 3 aromatic carbocycles. The number of hydrogen-bond donors (Lipinski definition) is 2. The summed E-state index contributed by atoms with van der Waals surface area (Å²) in [7, 11) is 1.74. The van der Waals surface area contributed by atoms with E-state index in [1.54, 1.807) is 7.11 Å². The predicted molar refractivity (Wildman–Crippen MR) is 126 cm³/mol. The van der Waals surface area contributed by atoms with Gasteiger partial charge < -0.3 is 19.6 Å². The third-order valence-corrected chi connectivity index (χ3v) is 6.21. The van der Waals surface area contributed by atoms with Crippen LogP contribution >= 0.6 is 0 Å². The summed E-state index contributed by atoms with van der Waals surface area (Å²) in [6.07, 6.45) is 0.992. The molecule has 2 N–H and O–H groups in total. The molecule has 164 valence electrons. The van der Waals surface area contributed by atoms with Gasteiger partial charge in [0.1, 0.15) is 18.1 Å². The van der Waals surface area contributed by atoms with Crippen molar-refractivity contribution in [2.45, 2.75) is 19.0 Å². The molecule has 0 amide bonds. The van der Waals surface area contributed by atoms with Gasteiger partial charge in [-0.15, -0.1) is 0 Å². The lowest BCUT2D eigenvalue weighted by Crippen LogP contribution is -2.35. The number of fused-ring (bicyclic) bond motifs is 3. The van der Waals surface area contributed by atoms with E-state index in [1.807, 2.05) is 24.3 Å². The highest BCUT2D eigenvalue weighted by Gasteiger charge is 2.33. The molecule has 1 aromatic heterocycles. The van der Waals surface area contributed by atoms with Crippen LogP contribution in [-0.2, 0) is 13.0 Å². The van der Waals surface area contributed by atoms with E-state index >= 15 is 0 Å². The molecular weight excluding hydrogens is 400 g/mol. The van der Waals surface area contributed by atoms with E-state index in [-0.39, 0.29) is 12.6 Å². The van der Waals surface area contributed by atoms with Crippen molar-refractivity contribution in [3.05, 3.63) is 95.2 Å². The molecule has 1 atom stereocenters. The summed E-state index contributed by atoms with van der Waals surface area (Å²) in [5.41, 5.74) is 6.16. The van der Waals surface area contributed by atoms with Gasteiger partial charge in [-0.3, -0.25) is 4.90 Å².